The van der Waals surface area contributed by atoms with E-state index in [1.165, 1.54) is 26.3 Å². The number of benzene rings is 1. The molecule has 5 N–H and O–H groups in total. The fourth-order valence-electron chi connectivity index (χ4n) is 2.99. The Morgan fingerprint density at radius 3 is 2.68 bits per heavy atom. The van der Waals surface area contributed by atoms with Crippen LogP contribution in [0.1, 0.15) is 18.9 Å². The van der Waals surface area contributed by atoms with Crippen molar-refractivity contribution in [2.24, 2.45) is 10.7 Å². The summed E-state index contributed by atoms with van der Waals surface area (Å²) in [4.78, 5) is 17.0. The minimum absolute atomic E-state index is 0.0748. The summed E-state index contributed by atoms with van der Waals surface area (Å²) >= 11 is 0. The molecule has 1 aromatic carbocycles. The van der Waals surface area contributed by atoms with Gasteiger partial charge < -0.3 is 21.3 Å². The molecule has 0 atom stereocenters. The van der Waals surface area contributed by atoms with Crippen LogP contribution >= 0.6 is 0 Å². The molecule has 0 aromatic heterocycles. The standard InChI is InChI=1S/C19H24F2N6O/c1-11(28)27-7-6-15(25-3)13(10-27)19(23)26-16-5-4-14(20)17(18(16)21)12(8-22)9-24-2/h4-5,8-9,25H,6-7,10,22H2,1-3H3,(H2,23,26)/b12-8+,24-9+. The number of aliphatic imine (C=N–C) groups is 1. The second-order valence-electron chi connectivity index (χ2n) is 6.19. The molecule has 0 aliphatic carbocycles. The highest BCUT2D eigenvalue weighted by Crippen LogP contribution is 2.27. The van der Waals surface area contributed by atoms with Gasteiger partial charge in [0.25, 0.3) is 0 Å². The van der Waals surface area contributed by atoms with E-state index in [0.29, 0.717) is 18.5 Å². The van der Waals surface area contributed by atoms with Crippen molar-refractivity contribution >= 4 is 29.2 Å². The maximum absolute atomic E-state index is 15.0. The summed E-state index contributed by atoms with van der Waals surface area (Å²) < 4.78 is 29.1. The fraction of sp³-hybridized carbons (Fsp3) is 0.316. The van der Waals surface area contributed by atoms with Crippen LogP contribution in [0.5, 0.6) is 0 Å². The van der Waals surface area contributed by atoms with Gasteiger partial charge in [-0.3, -0.25) is 15.2 Å². The summed E-state index contributed by atoms with van der Waals surface area (Å²) in [6.07, 6.45) is 2.88. The Kier molecular flexibility index (Phi) is 6.86. The Hall–Kier alpha value is -3.23. The highest BCUT2D eigenvalue weighted by Gasteiger charge is 2.24. The number of anilines is 1. The van der Waals surface area contributed by atoms with Crippen LogP contribution in [0.15, 0.2) is 34.6 Å². The van der Waals surface area contributed by atoms with Crippen molar-refractivity contribution in [3.63, 3.8) is 0 Å². The lowest BCUT2D eigenvalue weighted by Crippen LogP contribution is -2.40. The maximum atomic E-state index is 15.0. The molecular formula is C19H24F2N6O. The molecule has 0 bridgehead atoms. The quantitative estimate of drug-likeness (QED) is 0.456. The Morgan fingerprint density at radius 1 is 1.39 bits per heavy atom. The van der Waals surface area contributed by atoms with Gasteiger partial charge in [-0.15, -0.1) is 0 Å². The van der Waals surface area contributed by atoms with Crippen LogP contribution in [0, 0.1) is 17.0 Å². The number of hydrogen-bond donors (Lipinski definition) is 4. The number of nitrogens with one attached hydrogen (secondary N) is 3. The molecule has 28 heavy (non-hydrogen) atoms. The monoisotopic (exact) mass is 390 g/mol. The molecule has 1 aliphatic heterocycles. The van der Waals surface area contributed by atoms with Gasteiger partial charge in [-0.05, 0) is 12.1 Å². The largest absolute Gasteiger partial charge is 0.404 e. The van der Waals surface area contributed by atoms with E-state index in [9.17, 15) is 13.6 Å². The molecule has 1 aromatic rings. The van der Waals surface area contributed by atoms with E-state index < -0.39 is 11.6 Å². The van der Waals surface area contributed by atoms with Gasteiger partial charge in [0.2, 0.25) is 5.91 Å². The van der Waals surface area contributed by atoms with E-state index in [1.54, 1.807) is 11.9 Å². The van der Waals surface area contributed by atoms with Crippen LogP contribution in [0.3, 0.4) is 0 Å². The van der Waals surface area contributed by atoms with Crippen LogP contribution in [0.25, 0.3) is 5.57 Å². The second-order valence-corrected chi connectivity index (χ2v) is 6.19. The second kappa shape index (κ2) is 9.12. The molecule has 0 radical (unpaired) electrons. The predicted molar refractivity (Wildman–Crippen MR) is 107 cm³/mol. The zero-order valence-electron chi connectivity index (χ0n) is 16.1. The molecule has 150 valence electrons. The normalized spacial score (nSPS) is 15.2. The molecule has 7 nitrogen and oxygen atoms in total. The van der Waals surface area contributed by atoms with Gasteiger partial charge in [-0.1, -0.05) is 0 Å². The van der Waals surface area contributed by atoms with Crippen molar-refractivity contribution in [3.8, 4) is 0 Å². The SMILES string of the molecule is C/N=C/C(=C\N)c1c(F)ccc(NC(=N)C2=C(NC)CCN(C(C)=O)C2)c1F. The number of carbonyl (C=O) groups excluding carboxylic acids is 1. The molecule has 1 heterocycles. The molecule has 1 aliphatic rings. The predicted octanol–water partition coefficient (Wildman–Crippen LogP) is 2.08. The van der Waals surface area contributed by atoms with Gasteiger partial charge in [0.1, 0.15) is 11.7 Å². The zero-order valence-corrected chi connectivity index (χ0v) is 16.1. The highest BCUT2D eigenvalue weighted by molar-refractivity contribution is 6.11. The molecule has 0 saturated carbocycles. The summed E-state index contributed by atoms with van der Waals surface area (Å²) in [6.45, 7) is 2.22. The van der Waals surface area contributed by atoms with E-state index in [1.807, 2.05) is 0 Å². The molecule has 0 unspecified atom stereocenters. The topological polar surface area (TPSA) is 107 Å². The third kappa shape index (κ3) is 4.36. The number of nitrogens with zero attached hydrogens (tertiary/aromatic N) is 2. The molecule has 0 spiro atoms. The number of halogens is 2. The molecular weight excluding hydrogens is 366 g/mol. The number of allylic oxidation sites excluding steroid dienone is 1. The summed E-state index contributed by atoms with van der Waals surface area (Å²) in [7, 11) is 3.19. The average molecular weight is 390 g/mol. The number of hydrogen-bond acceptors (Lipinski definition) is 5. The van der Waals surface area contributed by atoms with Gasteiger partial charge in [0, 0.05) is 63.2 Å². The summed E-state index contributed by atoms with van der Waals surface area (Å²) in [5, 5.41) is 14.1. The van der Waals surface area contributed by atoms with E-state index in [0.717, 1.165) is 18.0 Å². The average Bonchev–Trinajstić information content (AvgIpc) is 2.68. The molecule has 2 rings (SSSR count). The number of carbonyl (C=O) groups is 1. The molecule has 0 fully saturated rings. The van der Waals surface area contributed by atoms with E-state index in [4.69, 9.17) is 11.1 Å². The maximum Gasteiger partial charge on any atom is 0.219 e. The molecule has 1 amide bonds. The Morgan fingerprint density at radius 2 is 2.11 bits per heavy atom. The van der Waals surface area contributed by atoms with Crippen LogP contribution in [0.2, 0.25) is 0 Å². The first-order chi connectivity index (χ1) is 13.3. The first-order valence-electron chi connectivity index (χ1n) is 8.67. The van der Waals surface area contributed by atoms with Crippen molar-refractivity contribution in [1.29, 1.82) is 5.41 Å². The van der Waals surface area contributed by atoms with Crippen molar-refractivity contribution in [1.82, 2.24) is 10.2 Å². The summed E-state index contributed by atoms with van der Waals surface area (Å²) in [6, 6.07) is 2.31. The number of amidine groups is 1. The third-order valence-corrected chi connectivity index (χ3v) is 4.48. The number of nitrogens with two attached hydrogens (primary N) is 1. The van der Waals surface area contributed by atoms with Crippen molar-refractivity contribution < 1.29 is 13.6 Å². The minimum atomic E-state index is -0.882. The van der Waals surface area contributed by atoms with Gasteiger partial charge >= 0.3 is 0 Å². The van der Waals surface area contributed by atoms with Gasteiger partial charge in [-0.2, -0.15) is 0 Å². The van der Waals surface area contributed by atoms with Crippen LogP contribution in [0.4, 0.5) is 14.5 Å². The van der Waals surface area contributed by atoms with E-state index >= 15 is 0 Å². The lowest BCUT2D eigenvalue weighted by Gasteiger charge is -2.30. The molecule has 9 heteroatoms. The lowest BCUT2D eigenvalue weighted by molar-refractivity contribution is -0.128. The van der Waals surface area contributed by atoms with Gasteiger partial charge in [-0.25, -0.2) is 8.78 Å². The molecule has 0 saturated heterocycles. The Balaban J connectivity index is 2.38. The van der Waals surface area contributed by atoms with Crippen molar-refractivity contribution in [2.45, 2.75) is 13.3 Å². The van der Waals surface area contributed by atoms with Gasteiger partial charge in [0.05, 0.1) is 17.8 Å². The fourth-order valence-corrected chi connectivity index (χ4v) is 2.99. The number of rotatable bonds is 5. The zero-order chi connectivity index (χ0) is 20.8. The van der Waals surface area contributed by atoms with Crippen LogP contribution in [-0.4, -0.2) is 50.0 Å². The smallest absolute Gasteiger partial charge is 0.219 e. The summed E-state index contributed by atoms with van der Waals surface area (Å²) in [5.41, 5.74) is 6.48. The van der Waals surface area contributed by atoms with Crippen molar-refractivity contribution in [3.05, 3.63) is 46.8 Å². The first kappa shape index (κ1) is 21.1. The van der Waals surface area contributed by atoms with Crippen LogP contribution < -0.4 is 16.4 Å². The highest BCUT2D eigenvalue weighted by atomic mass is 19.1. The van der Waals surface area contributed by atoms with Crippen molar-refractivity contribution in [2.75, 3.05) is 32.5 Å². The number of amides is 1. The minimum Gasteiger partial charge on any atom is -0.404 e. The summed E-state index contributed by atoms with van der Waals surface area (Å²) in [5.74, 6) is -1.85. The lowest BCUT2D eigenvalue weighted by atomic mass is 10.0. The van der Waals surface area contributed by atoms with Gasteiger partial charge in [0.15, 0.2) is 5.82 Å². The Bertz CT molecular complexity index is 875. The Labute approximate surface area is 162 Å². The van der Waals surface area contributed by atoms with E-state index in [-0.39, 0.29) is 35.1 Å². The van der Waals surface area contributed by atoms with Crippen LogP contribution in [-0.2, 0) is 4.79 Å². The third-order valence-electron chi connectivity index (χ3n) is 4.48. The van der Waals surface area contributed by atoms with E-state index in [2.05, 4.69) is 15.6 Å². The first-order valence-corrected chi connectivity index (χ1v) is 8.67.